The van der Waals surface area contributed by atoms with Crippen molar-refractivity contribution in [2.75, 3.05) is 26.3 Å². The first kappa shape index (κ1) is 20.6. The molecule has 1 aromatic heterocycles. The second-order valence-electron chi connectivity index (χ2n) is 7.26. The summed E-state index contributed by atoms with van der Waals surface area (Å²) >= 11 is 0. The molecule has 0 bridgehead atoms. The van der Waals surface area contributed by atoms with Crippen LogP contribution in [0.25, 0.3) is 10.9 Å². The van der Waals surface area contributed by atoms with Crippen LogP contribution in [0.5, 0.6) is 0 Å². The maximum Gasteiger partial charge on any atom is 0.243 e. The molecule has 4 rings (SSSR count). The number of aromatic nitrogens is 1. The Bertz CT molecular complexity index is 1130. The summed E-state index contributed by atoms with van der Waals surface area (Å²) in [4.78, 5) is 15.9. The number of para-hydroxylation sites is 1. The second kappa shape index (κ2) is 8.99. The third-order valence-corrected chi connectivity index (χ3v) is 7.33. The highest BCUT2D eigenvalue weighted by Gasteiger charge is 2.28. The molecule has 158 valence electrons. The molecule has 8 heteroatoms. The second-order valence-corrected chi connectivity index (χ2v) is 9.17. The Kier molecular flexibility index (Phi) is 6.17. The van der Waals surface area contributed by atoms with Gasteiger partial charge in [-0.1, -0.05) is 36.4 Å². The molecule has 0 spiro atoms. The van der Waals surface area contributed by atoms with Crippen LogP contribution in [0.4, 0.5) is 0 Å². The van der Waals surface area contributed by atoms with Crippen LogP contribution >= 0.6 is 0 Å². The van der Waals surface area contributed by atoms with Gasteiger partial charge in [0.25, 0.3) is 0 Å². The molecule has 7 nitrogen and oxygen atoms in total. The normalized spacial score (nSPS) is 15.3. The average Bonchev–Trinajstić information content (AvgIpc) is 3.20. The topological polar surface area (TPSA) is 91.5 Å². The molecule has 1 aliphatic heterocycles. The van der Waals surface area contributed by atoms with Crippen molar-refractivity contribution in [3.63, 3.8) is 0 Å². The van der Waals surface area contributed by atoms with E-state index >= 15 is 0 Å². The molecule has 0 aliphatic carbocycles. The van der Waals surface area contributed by atoms with Gasteiger partial charge in [-0.25, -0.2) is 8.42 Å². The lowest BCUT2D eigenvalue weighted by Gasteiger charge is -2.27. The Labute approximate surface area is 176 Å². The SMILES string of the molecule is O=C(CCc1c[nH]c2ccccc12)NCc1ccccc1S(=O)(=O)N1CCOCC1. The molecule has 1 aliphatic rings. The van der Waals surface area contributed by atoms with Gasteiger partial charge in [0, 0.05) is 43.2 Å². The highest BCUT2D eigenvalue weighted by Crippen LogP contribution is 2.22. The summed E-state index contributed by atoms with van der Waals surface area (Å²) in [7, 11) is -3.61. The summed E-state index contributed by atoms with van der Waals surface area (Å²) in [5.74, 6) is -0.112. The quantitative estimate of drug-likeness (QED) is 0.606. The molecule has 2 aromatic carbocycles. The molecule has 0 saturated carbocycles. The number of ether oxygens (including phenoxy) is 1. The summed E-state index contributed by atoms with van der Waals surface area (Å²) in [6.07, 6.45) is 2.88. The van der Waals surface area contributed by atoms with Crippen LogP contribution in [0.3, 0.4) is 0 Å². The molecular formula is C22H25N3O4S. The van der Waals surface area contributed by atoms with E-state index in [0.29, 0.717) is 44.7 Å². The van der Waals surface area contributed by atoms with Gasteiger partial charge >= 0.3 is 0 Å². The zero-order valence-electron chi connectivity index (χ0n) is 16.6. The van der Waals surface area contributed by atoms with Crippen molar-refractivity contribution >= 4 is 26.8 Å². The van der Waals surface area contributed by atoms with Gasteiger partial charge in [-0.2, -0.15) is 4.31 Å². The number of fused-ring (bicyclic) bond motifs is 1. The van der Waals surface area contributed by atoms with E-state index < -0.39 is 10.0 Å². The molecule has 1 saturated heterocycles. The van der Waals surface area contributed by atoms with Gasteiger partial charge in [0.1, 0.15) is 0 Å². The lowest BCUT2D eigenvalue weighted by Crippen LogP contribution is -2.41. The molecule has 3 aromatic rings. The van der Waals surface area contributed by atoms with E-state index in [-0.39, 0.29) is 17.3 Å². The third kappa shape index (κ3) is 4.40. The van der Waals surface area contributed by atoms with E-state index in [0.717, 1.165) is 16.5 Å². The largest absolute Gasteiger partial charge is 0.379 e. The zero-order chi connectivity index (χ0) is 21.0. The third-order valence-electron chi connectivity index (χ3n) is 5.33. The summed E-state index contributed by atoms with van der Waals surface area (Å²) in [6.45, 7) is 1.64. The van der Waals surface area contributed by atoms with Gasteiger partial charge in [-0.15, -0.1) is 0 Å². The Morgan fingerprint density at radius 2 is 1.77 bits per heavy atom. The number of rotatable bonds is 7. The van der Waals surface area contributed by atoms with E-state index in [2.05, 4.69) is 10.3 Å². The number of nitrogens with one attached hydrogen (secondary N) is 2. The molecule has 1 fully saturated rings. The van der Waals surface area contributed by atoms with E-state index in [1.54, 1.807) is 24.3 Å². The Hall–Kier alpha value is -2.68. The number of nitrogens with zero attached hydrogens (tertiary/aromatic N) is 1. The smallest absolute Gasteiger partial charge is 0.243 e. The van der Waals surface area contributed by atoms with Crippen molar-refractivity contribution in [3.05, 3.63) is 65.9 Å². The number of amides is 1. The highest BCUT2D eigenvalue weighted by molar-refractivity contribution is 7.89. The van der Waals surface area contributed by atoms with E-state index in [1.165, 1.54) is 4.31 Å². The van der Waals surface area contributed by atoms with E-state index in [9.17, 15) is 13.2 Å². The summed E-state index contributed by atoms with van der Waals surface area (Å²) < 4.78 is 32.7. The van der Waals surface area contributed by atoms with Crippen LogP contribution in [0.2, 0.25) is 0 Å². The number of sulfonamides is 1. The maximum absolute atomic E-state index is 13.0. The van der Waals surface area contributed by atoms with Crippen molar-refractivity contribution in [1.82, 2.24) is 14.6 Å². The van der Waals surface area contributed by atoms with Crippen molar-refractivity contribution in [2.24, 2.45) is 0 Å². The summed E-state index contributed by atoms with van der Waals surface area (Å²) in [6, 6.07) is 14.8. The monoisotopic (exact) mass is 427 g/mol. The number of aryl methyl sites for hydroxylation is 1. The number of hydrogen-bond donors (Lipinski definition) is 2. The van der Waals surface area contributed by atoms with Crippen molar-refractivity contribution in [1.29, 1.82) is 0 Å². The first-order valence-corrected chi connectivity index (χ1v) is 11.5. The molecule has 1 amide bonds. The summed E-state index contributed by atoms with van der Waals surface area (Å²) in [5.41, 5.74) is 2.73. The minimum Gasteiger partial charge on any atom is -0.379 e. The van der Waals surface area contributed by atoms with Crippen LogP contribution in [-0.4, -0.2) is 49.9 Å². The van der Waals surface area contributed by atoms with Crippen molar-refractivity contribution in [2.45, 2.75) is 24.3 Å². The van der Waals surface area contributed by atoms with Crippen molar-refractivity contribution in [3.8, 4) is 0 Å². The molecular weight excluding hydrogens is 402 g/mol. The summed E-state index contributed by atoms with van der Waals surface area (Å²) in [5, 5.41) is 3.99. The Morgan fingerprint density at radius 3 is 2.60 bits per heavy atom. The molecule has 0 atom stereocenters. The molecule has 2 heterocycles. The number of morpholine rings is 1. The molecule has 0 unspecified atom stereocenters. The fourth-order valence-corrected chi connectivity index (χ4v) is 5.33. The predicted octanol–water partition coefficient (Wildman–Crippen LogP) is 2.44. The fourth-order valence-electron chi connectivity index (χ4n) is 3.70. The number of carbonyl (C=O) groups is 1. The van der Waals surface area contributed by atoms with Crippen LogP contribution < -0.4 is 5.32 Å². The Morgan fingerprint density at radius 1 is 1.03 bits per heavy atom. The number of aromatic amines is 1. The van der Waals surface area contributed by atoms with Gasteiger partial charge in [0.15, 0.2) is 0 Å². The van der Waals surface area contributed by atoms with Crippen LogP contribution in [0.15, 0.2) is 59.6 Å². The molecule has 2 N–H and O–H groups in total. The number of H-pyrrole nitrogens is 1. The number of benzene rings is 2. The zero-order valence-corrected chi connectivity index (χ0v) is 17.5. The minimum atomic E-state index is -3.61. The van der Waals surface area contributed by atoms with Gasteiger partial charge < -0.3 is 15.0 Å². The number of carbonyl (C=O) groups excluding carboxylic acids is 1. The fraction of sp³-hybridized carbons (Fsp3) is 0.318. The lowest BCUT2D eigenvalue weighted by molar-refractivity contribution is -0.121. The van der Waals surface area contributed by atoms with E-state index in [4.69, 9.17) is 4.74 Å². The molecule has 0 radical (unpaired) electrons. The van der Waals surface area contributed by atoms with Gasteiger partial charge in [-0.05, 0) is 29.7 Å². The highest BCUT2D eigenvalue weighted by atomic mass is 32.2. The van der Waals surface area contributed by atoms with E-state index in [1.807, 2.05) is 30.5 Å². The van der Waals surface area contributed by atoms with Crippen LogP contribution in [0, 0.1) is 0 Å². The first-order chi connectivity index (χ1) is 14.6. The van der Waals surface area contributed by atoms with Crippen LogP contribution in [0.1, 0.15) is 17.5 Å². The lowest BCUT2D eigenvalue weighted by atomic mass is 10.1. The first-order valence-electron chi connectivity index (χ1n) is 10.0. The standard InChI is InChI=1S/C22H25N3O4S/c26-22(10-9-17-15-23-20-7-3-2-6-19(17)20)24-16-18-5-1-4-8-21(18)30(27,28)25-11-13-29-14-12-25/h1-8,15,23H,9-14,16H2,(H,24,26). The molecule has 30 heavy (non-hydrogen) atoms. The van der Waals surface area contributed by atoms with Crippen LogP contribution in [-0.2, 0) is 32.5 Å². The maximum atomic E-state index is 13.0. The number of hydrogen-bond acceptors (Lipinski definition) is 4. The van der Waals surface area contributed by atoms with Crippen molar-refractivity contribution < 1.29 is 17.9 Å². The van der Waals surface area contributed by atoms with Gasteiger partial charge in [0.2, 0.25) is 15.9 Å². The minimum absolute atomic E-state index is 0.112. The van der Waals surface area contributed by atoms with Gasteiger partial charge in [-0.3, -0.25) is 4.79 Å². The average molecular weight is 428 g/mol. The van der Waals surface area contributed by atoms with Gasteiger partial charge in [0.05, 0.1) is 18.1 Å². The predicted molar refractivity (Wildman–Crippen MR) is 114 cm³/mol. The Balaban J connectivity index is 1.39.